The van der Waals surface area contributed by atoms with E-state index < -0.39 is 11.9 Å². The van der Waals surface area contributed by atoms with Gasteiger partial charge in [-0.1, -0.05) is 17.7 Å². The number of hydrogen-bond acceptors (Lipinski definition) is 3. The van der Waals surface area contributed by atoms with E-state index in [0.29, 0.717) is 16.3 Å². The maximum absolute atomic E-state index is 13.2. The van der Waals surface area contributed by atoms with Crippen molar-refractivity contribution < 1.29 is 14.2 Å². The molecule has 0 radical (unpaired) electrons. The Morgan fingerprint density at radius 3 is 2.78 bits per heavy atom. The summed E-state index contributed by atoms with van der Waals surface area (Å²) in [6.07, 6.45) is -0.249. The minimum atomic E-state index is -0.700. The summed E-state index contributed by atoms with van der Waals surface area (Å²) < 4.78 is 18.8. The number of thiophene rings is 1. The summed E-state index contributed by atoms with van der Waals surface area (Å²) in [7, 11) is 1.40. The highest BCUT2D eigenvalue weighted by atomic mass is 35.5. The van der Waals surface area contributed by atoms with Crippen LogP contribution in [0, 0.1) is 5.82 Å². The van der Waals surface area contributed by atoms with Crippen LogP contribution in [0.5, 0.6) is 5.75 Å². The number of halogens is 2. The molecule has 96 valence electrons. The molecule has 0 saturated carbocycles. The summed E-state index contributed by atoms with van der Waals surface area (Å²) in [4.78, 5) is 0.982. The quantitative estimate of drug-likeness (QED) is 0.926. The molecule has 1 aromatic carbocycles. The summed E-state index contributed by atoms with van der Waals surface area (Å²) in [6.45, 7) is 0. The molecule has 2 rings (SSSR count). The molecule has 1 heterocycles. The summed E-state index contributed by atoms with van der Waals surface area (Å²) >= 11 is 7.25. The first-order chi connectivity index (χ1) is 8.60. The zero-order valence-corrected chi connectivity index (χ0v) is 11.3. The number of benzene rings is 1. The van der Waals surface area contributed by atoms with Crippen molar-refractivity contribution in [3.63, 3.8) is 0 Å². The zero-order chi connectivity index (χ0) is 13.1. The van der Waals surface area contributed by atoms with Crippen LogP contribution in [0.4, 0.5) is 4.39 Å². The Morgan fingerprint density at radius 1 is 1.39 bits per heavy atom. The summed E-state index contributed by atoms with van der Waals surface area (Å²) in [6, 6.07) is 8.02. The minimum Gasteiger partial charge on any atom is -0.494 e. The van der Waals surface area contributed by atoms with Crippen LogP contribution in [0.25, 0.3) is 0 Å². The van der Waals surface area contributed by atoms with Crippen LogP contribution >= 0.6 is 22.9 Å². The third kappa shape index (κ3) is 3.02. The van der Waals surface area contributed by atoms with Crippen LogP contribution in [0.3, 0.4) is 0 Å². The molecule has 0 spiro atoms. The molecule has 2 aromatic rings. The predicted octanol–water partition coefficient (Wildman–Crippen LogP) is 3.83. The van der Waals surface area contributed by atoms with Gasteiger partial charge in [0.05, 0.1) is 17.6 Å². The topological polar surface area (TPSA) is 29.5 Å². The third-order valence-corrected chi connectivity index (χ3v) is 3.84. The largest absolute Gasteiger partial charge is 0.494 e. The Bertz CT molecular complexity index is 542. The molecule has 1 N–H and O–H groups in total. The van der Waals surface area contributed by atoms with Gasteiger partial charge in [0.15, 0.2) is 11.6 Å². The molecule has 0 aliphatic carbocycles. The minimum absolute atomic E-state index is 0.135. The third-order valence-electron chi connectivity index (χ3n) is 2.58. The molecular weight excluding hydrogens is 275 g/mol. The van der Waals surface area contributed by atoms with Crippen molar-refractivity contribution in [2.75, 3.05) is 7.11 Å². The Labute approximate surface area is 114 Å². The Balaban J connectivity index is 2.15. The van der Waals surface area contributed by atoms with Gasteiger partial charge in [0.2, 0.25) is 0 Å². The number of aliphatic hydroxyl groups excluding tert-OH is 1. The average Bonchev–Trinajstić information content (AvgIpc) is 2.75. The van der Waals surface area contributed by atoms with Crippen LogP contribution in [0.2, 0.25) is 4.34 Å². The molecule has 1 atom stereocenters. The lowest BCUT2D eigenvalue weighted by atomic mass is 10.1. The molecule has 18 heavy (non-hydrogen) atoms. The smallest absolute Gasteiger partial charge is 0.165 e. The second kappa shape index (κ2) is 5.69. The van der Waals surface area contributed by atoms with Crippen molar-refractivity contribution in [2.24, 2.45) is 0 Å². The molecule has 2 nitrogen and oxygen atoms in total. The van der Waals surface area contributed by atoms with E-state index in [-0.39, 0.29) is 5.75 Å². The number of ether oxygens (including phenoxy) is 1. The van der Waals surface area contributed by atoms with Gasteiger partial charge in [0.25, 0.3) is 0 Å². The SMILES string of the molecule is COc1cc(C(O)Cc2ccc(Cl)s2)ccc1F. The van der Waals surface area contributed by atoms with Crippen molar-refractivity contribution in [3.8, 4) is 5.75 Å². The van der Waals surface area contributed by atoms with Crippen LogP contribution in [0.1, 0.15) is 16.5 Å². The highest BCUT2D eigenvalue weighted by Crippen LogP contribution is 2.28. The number of hydrogen-bond donors (Lipinski definition) is 1. The molecule has 0 aliphatic heterocycles. The Hall–Kier alpha value is -1.10. The van der Waals surface area contributed by atoms with Gasteiger partial charge in [-0.25, -0.2) is 4.39 Å². The molecule has 1 unspecified atom stereocenters. The van der Waals surface area contributed by atoms with Crippen LogP contribution in [-0.2, 0) is 6.42 Å². The van der Waals surface area contributed by atoms with Gasteiger partial charge in [0.1, 0.15) is 0 Å². The van der Waals surface area contributed by atoms with Crippen molar-refractivity contribution >= 4 is 22.9 Å². The average molecular weight is 287 g/mol. The Morgan fingerprint density at radius 2 is 2.17 bits per heavy atom. The lowest BCUT2D eigenvalue weighted by molar-refractivity contribution is 0.179. The van der Waals surface area contributed by atoms with Gasteiger partial charge in [-0.3, -0.25) is 0 Å². The van der Waals surface area contributed by atoms with E-state index in [0.717, 1.165) is 4.88 Å². The second-order valence-corrected chi connectivity index (χ2v) is 5.62. The van der Waals surface area contributed by atoms with Crippen LogP contribution in [-0.4, -0.2) is 12.2 Å². The molecule has 0 bridgehead atoms. The first-order valence-electron chi connectivity index (χ1n) is 5.36. The predicted molar refractivity (Wildman–Crippen MR) is 70.9 cm³/mol. The monoisotopic (exact) mass is 286 g/mol. The standard InChI is InChI=1S/C13H12ClFO2S/c1-17-12-6-8(2-4-10(12)15)11(16)7-9-3-5-13(14)18-9/h2-6,11,16H,7H2,1H3. The molecule has 0 aliphatic rings. The molecule has 5 heteroatoms. The first kappa shape index (κ1) is 13.3. The number of rotatable bonds is 4. The van der Waals surface area contributed by atoms with Gasteiger partial charge >= 0.3 is 0 Å². The van der Waals surface area contributed by atoms with Crippen LogP contribution in [0.15, 0.2) is 30.3 Å². The Kier molecular flexibility index (Phi) is 4.22. The fraction of sp³-hybridized carbons (Fsp3) is 0.231. The van der Waals surface area contributed by atoms with Gasteiger partial charge in [-0.05, 0) is 29.8 Å². The molecule has 1 aromatic heterocycles. The van der Waals surface area contributed by atoms with E-state index in [1.165, 1.54) is 30.6 Å². The highest BCUT2D eigenvalue weighted by Gasteiger charge is 2.13. The summed E-state index contributed by atoms with van der Waals surface area (Å²) in [5, 5.41) is 10.1. The number of aliphatic hydroxyl groups is 1. The van der Waals surface area contributed by atoms with Crippen molar-refractivity contribution in [1.82, 2.24) is 0 Å². The van der Waals surface area contributed by atoms with E-state index in [1.54, 1.807) is 12.1 Å². The summed E-state index contributed by atoms with van der Waals surface area (Å²) in [5.74, 6) is -0.302. The van der Waals surface area contributed by atoms with E-state index in [9.17, 15) is 9.50 Å². The van der Waals surface area contributed by atoms with Gasteiger partial charge in [0, 0.05) is 11.3 Å². The zero-order valence-electron chi connectivity index (χ0n) is 9.69. The van der Waals surface area contributed by atoms with Gasteiger partial charge < -0.3 is 9.84 Å². The molecule has 0 amide bonds. The van der Waals surface area contributed by atoms with Crippen molar-refractivity contribution in [1.29, 1.82) is 0 Å². The second-order valence-electron chi connectivity index (χ2n) is 3.82. The lowest BCUT2D eigenvalue weighted by Gasteiger charge is -2.11. The van der Waals surface area contributed by atoms with E-state index >= 15 is 0 Å². The normalized spacial score (nSPS) is 12.4. The highest BCUT2D eigenvalue weighted by molar-refractivity contribution is 7.16. The molecular formula is C13H12ClFO2S. The molecule has 0 fully saturated rings. The summed E-state index contributed by atoms with van der Waals surface area (Å²) in [5.41, 5.74) is 0.623. The first-order valence-corrected chi connectivity index (χ1v) is 6.55. The van der Waals surface area contributed by atoms with Crippen LogP contribution < -0.4 is 4.74 Å². The fourth-order valence-electron chi connectivity index (χ4n) is 1.65. The van der Waals surface area contributed by atoms with E-state index in [1.807, 2.05) is 6.07 Å². The van der Waals surface area contributed by atoms with Gasteiger partial charge in [-0.2, -0.15) is 0 Å². The molecule has 0 saturated heterocycles. The van der Waals surface area contributed by atoms with Crippen molar-refractivity contribution in [3.05, 3.63) is 50.9 Å². The lowest BCUT2D eigenvalue weighted by Crippen LogP contribution is -2.01. The fourth-order valence-corrected chi connectivity index (χ4v) is 2.78. The maximum Gasteiger partial charge on any atom is 0.165 e. The van der Waals surface area contributed by atoms with E-state index in [4.69, 9.17) is 16.3 Å². The number of methoxy groups -OCH3 is 1. The van der Waals surface area contributed by atoms with E-state index in [2.05, 4.69) is 0 Å². The van der Waals surface area contributed by atoms with Gasteiger partial charge in [-0.15, -0.1) is 11.3 Å². The van der Waals surface area contributed by atoms with Crippen molar-refractivity contribution in [2.45, 2.75) is 12.5 Å². The maximum atomic E-state index is 13.2.